The molecule has 2 aliphatic rings. The Morgan fingerprint density at radius 1 is 1.30 bits per heavy atom. The van der Waals surface area contributed by atoms with Crippen LogP contribution < -0.4 is 15.5 Å². The number of ether oxygens (including phenoxy) is 2. The van der Waals surface area contributed by atoms with Crippen LogP contribution in [0.15, 0.2) is 18.3 Å². The van der Waals surface area contributed by atoms with E-state index in [2.05, 4.69) is 9.88 Å². The van der Waals surface area contributed by atoms with Crippen LogP contribution in [0.4, 0.5) is 21.1 Å². The van der Waals surface area contributed by atoms with Crippen molar-refractivity contribution in [2.45, 2.75) is 32.5 Å². The third-order valence-corrected chi connectivity index (χ3v) is 4.44. The summed E-state index contributed by atoms with van der Waals surface area (Å²) in [5, 5.41) is 0. The molecular weight excluding hydrogens is 350 g/mol. The number of pyridine rings is 1. The SMILES string of the molecule is CC(C)(C)OC(=O)N1CCN(c2ccc(N3CC(CN)OC3=O)cn2)CC1. The Morgan fingerprint density at radius 3 is 2.52 bits per heavy atom. The molecule has 3 heterocycles. The molecule has 1 unspecified atom stereocenters. The molecule has 0 saturated carbocycles. The van der Waals surface area contributed by atoms with Crippen molar-refractivity contribution in [3.63, 3.8) is 0 Å². The van der Waals surface area contributed by atoms with E-state index >= 15 is 0 Å². The van der Waals surface area contributed by atoms with Crippen LogP contribution in [0, 0.1) is 0 Å². The predicted molar refractivity (Wildman–Crippen MR) is 101 cm³/mol. The molecule has 2 fully saturated rings. The average Bonchev–Trinajstić information content (AvgIpc) is 3.01. The number of hydrogen-bond donors (Lipinski definition) is 1. The van der Waals surface area contributed by atoms with Crippen molar-refractivity contribution < 1.29 is 19.1 Å². The van der Waals surface area contributed by atoms with E-state index < -0.39 is 11.7 Å². The molecule has 2 saturated heterocycles. The molecule has 27 heavy (non-hydrogen) atoms. The van der Waals surface area contributed by atoms with Crippen LogP contribution in [0.25, 0.3) is 0 Å². The molecule has 1 aromatic heterocycles. The fourth-order valence-electron chi connectivity index (χ4n) is 3.02. The lowest BCUT2D eigenvalue weighted by Gasteiger charge is -2.36. The van der Waals surface area contributed by atoms with Gasteiger partial charge in [0.05, 0.1) is 18.4 Å². The lowest BCUT2D eigenvalue weighted by molar-refractivity contribution is 0.0240. The molecule has 2 amide bonds. The summed E-state index contributed by atoms with van der Waals surface area (Å²) in [5.41, 5.74) is 5.75. The Bertz CT molecular complexity index is 680. The second-order valence-electron chi connectivity index (χ2n) is 7.68. The molecule has 0 aromatic carbocycles. The van der Waals surface area contributed by atoms with Gasteiger partial charge in [-0.25, -0.2) is 14.6 Å². The smallest absolute Gasteiger partial charge is 0.414 e. The summed E-state index contributed by atoms with van der Waals surface area (Å²) in [6.07, 6.45) is 0.701. The van der Waals surface area contributed by atoms with Crippen LogP contribution in [0.1, 0.15) is 20.8 Å². The molecule has 2 aliphatic heterocycles. The molecule has 1 atom stereocenters. The third kappa shape index (κ3) is 4.60. The van der Waals surface area contributed by atoms with Crippen molar-refractivity contribution in [2.75, 3.05) is 49.1 Å². The molecular formula is C18H27N5O4. The van der Waals surface area contributed by atoms with E-state index in [1.165, 1.54) is 4.90 Å². The number of rotatable bonds is 3. The Morgan fingerprint density at radius 2 is 2.00 bits per heavy atom. The van der Waals surface area contributed by atoms with Crippen LogP contribution >= 0.6 is 0 Å². The highest BCUT2D eigenvalue weighted by Gasteiger charge is 2.32. The van der Waals surface area contributed by atoms with Gasteiger partial charge in [0, 0.05) is 32.7 Å². The number of carbonyl (C=O) groups excluding carboxylic acids is 2. The summed E-state index contributed by atoms with van der Waals surface area (Å²) in [5.74, 6) is 0.811. The Kier molecular flexibility index (Phi) is 5.41. The molecule has 9 nitrogen and oxygen atoms in total. The maximum Gasteiger partial charge on any atom is 0.414 e. The monoisotopic (exact) mass is 377 g/mol. The second kappa shape index (κ2) is 7.59. The van der Waals surface area contributed by atoms with Gasteiger partial charge in [-0.1, -0.05) is 0 Å². The van der Waals surface area contributed by atoms with Gasteiger partial charge < -0.3 is 25.0 Å². The zero-order valence-corrected chi connectivity index (χ0v) is 16.1. The van der Waals surface area contributed by atoms with Gasteiger partial charge >= 0.3 is 12.2 Å². The average molecular weight is 377 g/mol. The van der Waals surface area contributed by atoms with Gasteiger partial charge in [-0.2, -0.15) is 0 Å². The van der Waals surface area contributed by atoms with Crippen LogP contribution in [0.5, 0.6) is 0 Å². The van der Waals surface area contributed by atoms with Crippen LogP contribution in [0.2, 0.25) is 0 Å². The van der Waals surface area contributed by atoms with E-state index in [0.717, 1.165) is 5.82 Å². The van der Waals surface area contributed by atoms with Crippen LogP contribution in [-0.4, -0.2) is 73.0 Å². The van der Waals surface area contributed by atoms with Gasteiger partial charge in [-0.05, 0) is 32.9 Å². The quantitative estimate of drug-likeness (QED) is 0.850. The normalized spacial score (nSPS) is 20.7. The van der Waals surface area contributed by atoms with Crippen molar-refractivity contribution in [2.24, 2.45) is 5.73 Å². The van der Waals surface area contributed by atoms with Gasteiger partial charge in [0.25, 0.3) is 0 Å². The summed E-state index contributed by atoms with van der Waals surface area (Å²) in [6.45, 7) is 8.82. The van der Waals surface area contributed by atoms with Crippen molar-refractivity contribution in [1.82, 2.24) is 9.88 Å². The first kappa shape index (κ1) is 19.2. The first-order valence-corrected chi connectivity index (χ1v) is 9.14. The standard InChI is InChI=1S/C18H27N5O4/c1-18(2,3)27-16(24)22-8-6-21(7-9-22)15-5-4-13(11-20-15)23-12-14(10-19)26-17(23)25/h4-5,11,14H,6-10,12,19H2,1-3H3. The van der Waals surface area contributed by atoms with E-state index in [-0.39, 0.29) is 12.2 Å². The highest BCUT2D eigenvalue weighted by atomic mass is 16.6. The Balaban J connectivity index is 1.56. The van der Waals surface area contributed by atoms with Gasteiger partial charge in [0.1, 0.15) is 17.5 Å². The topological polar surface area (TPSA) is 101 Å². The van der Waals surface area contributed by atoms with E-state index in [0.29, 0.717) is 45.0 Å². The predicted octanol–water partition coefficient (Wildman–Crippen LogP) is 1.42. The van der Waals surface area contributed by atoms with Crippen LogP contribution in [-0.2, 0) is 9.47 Å². The number of nitrogens with two attached hydrogens (primary N) is 1. The molecule has 1 aromatic rings. The number of carbonyl (C=O) groups is 2. The number of anilines is 2. The van der Waals surface area contributed by atoms with Gasteiger partial charge in [-0.15, -0.1) is 0 Å². The number of cyclic esters (lactones) is 1. The largest absolute Gasteiger partial charge is 0.444 e. The molecule has 9 heteroatoms. The molecule has 148 valence electrons. The lowest BCUT2D eigenvalue weighted by atomic mass is 10.2. The van der Waals surface area contributed by atoms with Gasteiger partial charge in [0.2, 0.25) is 0 Å². The Hall–Kier alpha value is -2.55. The minimum Gasteiger partial charge on any atom is -0.444 e. The first-order valence-electron chi connectivity index (χ1n) is 9.14. The zero-order valence-electron chi connectivity index (χ0n) is 16.1. The van der Waals surface area contributed by atoms with Crippen molar-refractivity contribution in [1.29, 1.82) is 0 Å². The fourth-order valence-corrected chi connectivity index (χ4v) is 3.02. The van der Waals surface area contributed by atoms with Crippen molar-refractivity contribution in [3.05, 3.63) is 18.3 Å². The van der Waals surface area contributed by atoms with Gasteiger partial charge in [-0.3, -0.25) is 4.90 Å². The second-order valence-corrected chi connectivity index (χ2v) is 7.68. The summed E-state index contributed by atoms with van der Waals surface area (Å²) in [4.78, 5) is 33.9. The fraction of sp³-hybridized carbons (Fsp3) is 0.611. The summed E-state index contributed by atoms with van der Waals surface area (Å²) in [7, 11) is 0. The summed E-state index contributed by atoms with van der Waals surface area (Å²) < 4.78 is 10.6. The summed E-state index contributed by atoms with van der Waals surface area (Å²) in [6, 6.07) is 3.73. The van der Waals surface area contributed by atoms with E-state index in [9.17, 15) is 9.59 Å². The molecule has 0 spiro atoms. The number of hydrogen-bond acceptors (Lipinski definition) is 7. The number of piperazine rings is 1. The maximum atomic E-state index is 12.1. The minimum atomic E-state index is -0.495. The molecule has 3 rings (SSSR count). The van der Waals surface area contributed by atoms with Crippen molar-refractivity contribution in [3.8, 4) is 0 Å². The molecule has 0 bridgehead atoms. The molecule has 2 N–H and O–H groups in total. The Labute approximate surface area is 159 Å². The third-order valence-electron chi connectivity index (χ3n) is 4.44. The lowest BCUT2D eigenvalue weighted by Crippen LogP contribution is -2.50. The highest BCUT2D eigenvalue weighted by molar-refractivity contribution is 5.89. The van der Waals surface area contributed by atoms with E-state index in [4.69, 9.17) is 15.2 Å². The molecule has 0 aliphatic carbocycles. The number of aromatic nitrogens is 1. The molecule has 0 radical (unpaired) electrons. The number of nitrogens with zero attached hydrogens (tertiary/aromatic N) is 4. The summed E-state index contributed by atoms with van der Waals surface area (Å²) >= 11 is 0. The maximum absolute atomic E-state index is 12.1. The first-order chi connectivity index (χ1) is 12.8. The minimum absolute atomic E-state index is 0.280. The van der Waals surface area contributed by atoms with Gasteiger partial charge in [0.15, 0.2) is 0 Å². The van der Waals surface area contributed by atoms with Crippen molar-refractivity contribution >= 4 is 23.7 Å². The van der Waals surface area contributed by atoms with Crippen LogP contribution in [0.3, 0.4) is 0 Å². The number of amides is 2. The van der Waals surface area contributed by atoms with E-state index in [1.807, 2.05) is 32.9 Å². The highest BCUT2D eigenvalue weighted by Crippen LogP contribution is 2.23. The van der Waals surface area contributed by atoms with E-state index in [1.54, 1.807) is 11.1 Å². The zero-order chi connectivity index (χ0) is 19.6.